The van der Waals surface area contributed by atoms with Crippen LogP contribution in [0.2, 0.25) is 0 Å². The predicted octanol–water partition coefficient (Wildman–Crippen LogP) is 4.77. The Morgan fingerprint density at radius 1 is 1.07 bits per heavy atom. The molecule has 30 heavy (non-hydrogen) atoms. The van der Waals surface area contributed by atoms with Gasteiger partial charge in [-0.25, -0.2) is 4.79 Å². The molecule has 0 spiro atoms. The highest BCUT2D eigenvalue weighted by Gasteiger charge is 2.17. The van der Waals surface area contributed by atoms with Gasteiger partial charge in [0.1, 0.15) is 5.76 Å². The van der Waals surface area contributed by atoms with Gasteiger partial charge in [0, 0.05) is 23.4 Å². The van der Waals surface area contributed by atoms with E-state index in [0.717, 1.165) is 5.56 Å². The number of furan rings is 1. The number of esters is 1. The molecule has 1 heterocycles. The zero-order valence-electron chi connectivity index (χ0n) is 16.5. The molecule has 3 rings (SSSR count). The van der Waals surface area contributed by atoms with Gasteiger partial charge >= 0.3 is 5.97 Å². The first kappa shape index (κ1) is 20.8. The molecule has 8 nitrogen and oxygen atoms in total. The van der Waals surface area contributed by atoms with E-state index in [2.05, 4.69) is 5.32 Å². The van der Waals surface area contributed by atoms with Crippen molar-refractivity contribution >= 4 is 23.3 Å². The van der Waals surface area contributed by atoms with E-state index in [1.807, 2.05) is 32.0 Å². The third-order valence-corrected chi connectivity index (χ3v) is 4.36. The number of para-hydroxylation sites is 1. The van der Waals surface area contributed by atoms with Gasteiger partial charge in [-0.15, -0.1) is 0 Å². The summed E-state index contributed by atoms with van der Waals surface area (Å²) < 4.78 is 10.5. The number of carbonyl (C=O) groups is 2. The van der Waals surface area contributed by atoms with Gasteiger partial charge in [0.2, 0.25) is 5.76 Å². The molecule has 1 amide bonds. The van der Waals surface area contributed by atoms with Crippen LogP contribution in [0.5, 0.6) is 0 Å². The van der Waals surface area contributed by atoms with E-state index in [4.69, 9.17) is 9.15 Å². The second-order valence-electron chi connectivity index (χ2n) is 6.83. The number of nitro benzene ring substituents is 1. The monoisotopic (exact) mass is 408 g/mol. The van der Waals surface area contributed by atoms with Crippen molar-refractivity contribution in [2.45, 2.75) is 19.8 Å². The van der Waals surface area contributed by atoms with Crippen molar-refractivity contribution in [3.63, 3.8) is 0 Å². The molecule has 1 N–H and O–H groups in total. The molecule has 0 saturated carbocycles. The molecular formula is C22H20N2O6. The zero-order valence-corrected chi connectivity index (χ0v) is 16.5. The summed E-state index contributed by atoms with van der Waals surface area (Å²) in [6.07, 6.45) is 0. The van der Waals surface area contributed by atoms with Crippen molar-refractivity contribution in [1.82, 2.24) is 0 Å². The molecular weight excluding hydrogens is 388 g/mol. The van der Waals surface area contributed by atoms with Gasteiger partial charge in [-0.05, 0) is 41.8 Å². The fraction of sp³-hybridized carbons (Fsp3) is 0.182. The number of nitro groups is 1. The van der Waals surface area contributed by atoms with E-state index in [0.29, 0.717) is 17.0 Å². The average Bonchev–Trinajstić information content (AvgIpc) is 3.22. The molecule has 0 aliphatic heterocycles. The van der Waals surface area contributed by atoms with Crippen LogP contribution in [0.15, 0.2) is 65.1 Å². The van der Waals surface area contributed by atoms with Crippen molar-refractivity contribution < 1.29 is 23.7 Å². The van der Waals surface area contributed by atoms with Crippen LogP contribution >= 0.6 is 0 Å². The number of non-ortho nitro benzene ring substituents is 1. The Morgan fingerprint density at radius 2 is 1.77 bits per heavy atom. The van der Waals surface area contributed by atoms with Crippen molar-refractivity contribution in [2.24, 2.45) is 0 Å². The van der Waals surface area contributed by atoms with Crippen LogP contribution in [0.4, 0.5) is 11.4 Å². The number of rotatable bonds is 7. The summed E-state index contributed by atoms with van der Waals surface area (Å²) in [4.78, 5) is 34.6. The number of benzene rings is 2. The topological polar surface area (TPSA) is 112 Å². The molecule has 0 radical (unpaired) electrons. The van der Waals surface area contributed by atoms with Crippen molar-refractivity contribution in [3.8, 4) is 11.3 Å². The van der Waals surface area contributed by atoms with Crippen LogP contribution in [0.1, 0.15) is 35.9 Å². The van der Waals surface area contributed by atoms with Crippen molar-refractivity contribution in [1.29, 1.82) is 0 Å². The van der Waals surface area contributed by atoms with Gasteiger partial charge in [-0.1, -0.05) is 32.0 Å². The van der Waals surface area contributed by atoms with E-state index in [9.17, 15) is 19.7 Å². The maximum Gasteiger partial charge on any atom is 0.374 e. The van der Waals surface area contributed by atoms with E-state index in [1.54, 1.807) is 12.1 Å². The molecule has 0 aliphatic carbocycles. The van der Waals surface area contributed by atoms with Crippen LogP contribution < -0.4 is 5.32 Å². The summed E-state index contributed by atoms with van der Waals surface area (Å²) in [6, 6.07) is 16.1. The number of amides is 1. The summed E-state index contributed by atoms with van der Waals surface area (Å²) in [5.74, 6) is -0.732. The number of hydrogen-bond acceptors (Lipinski definition) is 6. The Bertz CT molecular complexity index is 1070. The summed E-state index contributed by atoms with van der Waals surface area (Å²) in [7, 11) is 0. The van der Waals surface area contributed by atoms with Crippen LogP contribution in [0, 0.1) is 10.1 Å². The first-order chi connectivity index (χ1) is 14.3. The molecule has 0 aliphatic rings. The Hall–Kier alpha value is -3.94. The Kier molecular flexibility index (Phi) is 6.26. The highest BCUT2D eigenvalue weighted by molar-refractivity contribution is 5.95. The van der Waals surface area contributed by atoms with Crippen molar-refractivity contribution in [2.75, 3.05) is 11.9 Å². The molecule has 0 fully saturated rings. The van der Waals surface area contributed by atoms with Gasteiger partial charge in [-0.3, -0.25) is 14.9 Å². The lowest BCUT2D eigenvalue weighted by Crippen LogP contribution is -2.21. The highest BCUT2D eigenvalue weighted by Crippen LogP contribution is 2.25. The first-order valence-corrected chi connectivity index (χ1v) is 9.25. The summed E-state index contributed by atoms with van der Waals surface area (Å²) >= 11 is 0. The molecule has 1 aromatic heterocycles. The third kappa shape index (κ3) is 4.91. The molecule has 0 bridgehead atoms. The number of ether oxygens (including phenoxy) is 1. The lowest BCUT2D eigenvalue weighted by atomic mass is 10.0. The Balaban J connectivity index is 1.59. The molecule has 8 heteroatoms. The fourth-order valence-corrected chi connectivity index (χ4v) is 2.85. The number of anilines is 1. The van der Waals surface area contributed by atoms with Gasteiger partial charge in [0.05, 0.1) is 4.92 Å². The molecule has 154 valence electrons. The van der Waals surface area contributed by atoms with E-state index >= 15 is 0 Å². The quantitative estimate of drug-likeness (QED) is 0.342. The first-order valence-electron chi connectivity index (χ1n) is 9.25. The van der Waals surface area contributed by atoms with Crippen LogP contribution in [0.25, 0.3) is 11.3 Å². The lowest BCUT2D eigenvalue weighted by Gasteiger charge is -2.13. The normalized spacial score (nSPS) is 10.6. The predicted molar refractivity (Wildman–Crippen MR) is 110 cm³/mol. The van der Waals surface area contributed by atoms with Gasteiger partial charge < -0.3 is 14.5 Å². The second-order valence-corrected chi connectivity index (χ2v) is 6.83. The van der Waals surface area contributed by atoms with Crippen LogP contribution in [0.3, 0.4) is 0 Å². The number of carbonyl (C=O) groups excluding carboxylic acids is 2. The average molecular weight is 408 g/mol. The van der Waals surface area contributed by atoms with Gasteiger partial charge in [0.25, 0.3) is 11.6 Å². The fourth-order valence-electron chi connectivity index (χ4n) is 2.85. The molecule has 2 aromatic carbocycles. The van der Waals surface area contributed by atoms with Gasteiger partial charge in [-0.2, -0.15) is 0 Å². The minimum atomic E-state index is -0.782. The largest absolute Gasteiger partial charge is 0.450 e. The lowest BCUT2D eigenvalue weighted by molar-refractivity contribution is -0.384. The smallest absolute Gasteiger partial charge is 0.374 e. The molecule has 3 aromatic rings. The Morgan fingerprint density at radius 3 is 2.43 bits per heavy atom. The van der Waals surface area contributed by atoms with Gasteiger partial charge in [0.15, 0.2) is 6.61 Å². The number of nitrogens with zero attached hydrogens (tertiary/aromatic N) is 1. The van der Waals surface area contributed by atoms with E-state index in [-0.39, 0.29) is 17.4 Å². The minimum Gasteiger partial charge on any atom is -0.450 e. The Labute approximate surface area is 172 Å². The van der Waals surface area contributed by atoms with Crippen LogP contribution in [-0.4, -0.2) is 23.4 Å². The van der Waals surface area contributed by atoms with E-state index < -0.39 is 23.4 Å². The standard InChI is InChI=1S/C22H20N2O6/c1-14(2)17-5-3-4-6-18(17)23-21(25)13-29-22(26)20-12-11-19(30-20)15-7-9-16(10-8-15)24(27)28/h3-12,14H,13H2,1-2H3,(H,23,25). The molecule has 0 saturated heterocycles. The molecule has 0 atom stereocenters. The van der Waals surface area contributed by atoms with E-state index in [1.165, 1.54) is 30.3 Å². The highest BCUT2D eigenvalue weighted by atomic mass is 16.6. The molecule has 0 unspecified atom stereocenters. The minimum absolute atomic E-state index is 0.0463. The summed E-state index contributed by atoms with van der Waals surface area (Å²) in [5.41, 5.74) is 2.18. The third-order valence-electron chi connectivity index (χ3n) is 4.36. The SMILES string of the molecule is CC(C)c1ccccc1NC(=O)COC(=O)c1ccc(-c2ccc([N+](=O)[O-])cc2)o1. The van der Waals surface area contributed by atoms with Crippen molar-refractivity contribution in [3.05, 3.63) is 82.1 Å². The summed E-state index contributed by atoms with van der Waals surface area (Å²) in [6.45, 7) is 3.58. The zero-order chi connectivity index (χ0) is 21.7. The number of nitrogens with one attached hydrogen (secondary N) is 1. The summed E-state index contributed by atoms with van der Waals surface area (Å²) in [5, 5.41) is 13.5. The maximum atomic E-state index is 12.2. The number of hydrogen-bond donors (Lipinski definition) is 1. The van der Waals surface area contributed by atoms with Crippen LogP contribution in [-0.2, 0) is 9.53 Å². The second kappa shape index (κ2) is 9.04. The maximum absolute atomic E-state index is 12.2.